The Kier molecular flexibility index (Phi) is 7.43. The first-order chi connectivity index (χ1) is 18.7. The molecular formula is C30H32FN5O3. The molecule has 1 unspecified atom stereocenters. The van der Waals surface area contributed by atoms with Gasteiger partial charge < -0.3 is 14.9 Å². The van der Waals surface area contributed by atoms with Crippen LogP contribution in [-0.4, -0.2) is 73.1 Å². The number of fused-ring (bicyclic) bond motifs is 1. The SMILES string of the molecule is CC(C)c1cc(-c2ccc(F)cc2)nn2cc(C(=O)N3CCN(C(=O)C(O)Cc4ccccc4)[C@@H](C)C3)nc12. The van der Waals surface area contributed by atoms with Crippen LogP contribution >= 0.6 is 0 Å². The molecule has 0 saturated carbocycles. The predicted molar refractivity (Wildman–Crippen MR) is 146 cm³/mol. The van der Waals surface area contributed by atoms with Gasteiger partial charge in [0.1, 0.15) is 17.6 Å². The van der Waals surface area contributed by atoms with Crippen molar-refractivity contribution in [2.24, 2.45) is 0 Å². The van der Waals surface area contributed by atoms with Gasteiger partial charge in [-0.2, -0.15) is 5.10 Å². The summed E-state index contributed by atoms with van der Waals surface area (Å²) in [5.41, 5.74) is 4.13. The van der Waals surface area contributed by atoms with Crippen LogP contribution in [0.25, 0.3) is 16.9 Å². The van der Waals surface area contributed by atoms with Gasteiger partial charge in [-0.15, -0.1) is 0 Å². The molecule has 2 aromatic carbocycles. The number of hydrogen-bond donors (Lipinski definition) is 1. The minimum absolute atomic E-state index is 0.122. The third-order valence-electron chi connectivity index (χ3n) is 7.19. The fraction of sp³-hybridized carbons (Fsp3) is 0.333. The van der Waals surface area contributed by atoms with Crippen molar-refractivity contribution in [1.82, 2.24) is 24.4 Å². The van der Waals surface area contributed by atoms with Crippen LogP contribution in [0.2, 0.25) is 0 Å². The fourth-order valence-corrected chi connectivity index (χ4v) is 5.04. The summed E-state index contributed by atoms with van der Waals surface area (Å²) in [7, 11) is 0. The first-order valence-corrected chi connectivity index (χ1v) is 13.2. The fourth-order valence-electron chi connectivity index (χ4n) is 5.04. The molecular weight excluding hydrogens is 497 g/mol. The molecule has 1 fully saturated rings. The Labute approximate surface area is 226 Å². The highest BCUT2D eigenvalue weighted by atomic mass is 19.1. The molecule has 9 heteroatoms. The lowest BCUT2D eigenvalue weighted by Crippen LogP contribution is -2.57. The summed E-state index contributed by atoms with van der Waals surface area (Å²) in [4.78, 5) is 34.4. The van der Waals surface area contributed by atoms with E-state index < -0.39 is 6.10 Å². The average Bonchev–Trinajstić information content (AvgIpc) is 3.37. The highest BCUT2D eigenvalue weighted by Crippen LogP contribution is 2.26. The Bertz CT molecular complexity index is 1490. The van der Waals surface area contributed by atoms with E-state index in [4.69, 9.17) is 0 Å². The number of aliphatic hydroxyl groups excluding tert-OH is 1. The van der Waals surface area contributed by atoms with Crippen molar-refractivity contribution in [3.8, 4) is 11.3 Å². The van der Waals surface area contributed by atoms with Crippen LogP contribution in [0, 0.1) is 5.82 Å². The zero-order valence-corrected chi connectivity index (χ0v) is 22.3. The van der Waals surface area contributed by atoms with E-state index in [-0.39, 0.29) is 41.7 Å². The monoisotopic (exact) mass is 529 g/mol. The van der Waals surface area contributed by atoms with E-state index in [1.165, 1.54) is 12.1 Å². The summed E-state index contributed by atoms with van der Waals surface area (Å²) in [6, 6.07) is 17.2. The lowest BCUT2D eigenvalue weighted by Gasteiger charge is -2.40. The van der Waals surface area contributed by atoms with Gasteiger partial charge in [-0.05, 0) is 48.7 Å². The molecule has 2 atom stereocenters. The molecule has 202 valence electrons. The number of carbonyl (C=O) groups is 2. The van der Waals surface area contributed by atoms with E-state index in [1.54, 1.807) is 32.6 Å². The number of hydrogen-bond acceptors (Lipinski definition) is 5. The first kappa shape index (κ1) is 26.5. The molecule has 1 saturated heterocycles. The van der Waals surface area contributed by atoms with Crippen LogP contribution in [0.15, 0.2) is 66.9 Å². The van der Waals surface area contributed by atoms with Crippen molar-refractivity contribution in [3.05, 3.63) is 89.5 Å². The maximum absolute atomic E-state index is 13.5. The molecule has 0 aliphatic carbocycles. The molecule has 0 spiro atoms. The van der Waals surface area contributed by atoms with Gasteiger partial charge in [0, 0.05) is 43.2 Å². The number of amides is 2. The van der Waals surface area contributed by atoms with Gasteiger partial charge in [-0.1, -0.05) is 44.2 Å². The van der Waals surface area contributed by atoms with Crippen molar-refractivity contribution in [2.75, 3.05) is 19.6 Å². The van der Waals surface area contributed by atoms with Crippen LogP contribution in [0.3, 0.4) is 0 Å². The van der Waals surface area contributed by atoms with Crippen LogP contribution in [0.4, 0.5) is 4.39 Å². The molecule has 4 aromatic rings. The zero-order valence-electron chi connectivity index (χ0n) is 22.3. The highest BCUT2D eigenvalue weighted by molar-refractivity contribution is 5.93. The van der Waals surface area contributed by atoms with E-state index in [0.717, 1.165) is 16.7 Å². The second kappa shape index (κ2) is 10.9. The maximum atomic E-state index is 13.5. The maximum Gasteiger partial charge on any atom is 0.274 e. The average molecular weight is 530 g/mol. The standard InChI is InChI=1S/C30H32FN5O3/c1-19(2)24-16-25(22-9-11-23(31)12-10-22)33-36-18-26(32-28(24)36)29(38)34-13-14-35(20(3)17-34)30(39)27(37)15-21-7-5-4-6-8-21/h4-12,16,18-20,27,37H,13-15,17H2,1-3H3/t20-,27?/m0/s1. The lowest BCUT2D eigenvalue weighted by molar-refractivity contribution is -0.144. The number of benzene rings is 2. The van der Waals surface area contributed by atoms with Crippen molar-refractivity contribution in [3.63, 3.8) is 0 Å². The molecule has 0 bridgehead atoms. The Morgan fingerprint density at radius 2 is 1.79 bits per heavy atom. The van der Waals surface area contributed by atoms with Gasteiger partial charge in [0.05, 0.1) is 11.9 Å². The number of imidazole rings is 1. The summed E-state index contributed by atoms with van der Waals surface area (Å²) in [6.45, 7) is 6.97. The van der Waals surface area contributed by atoms with Crippen LogP contribution in [0.1, 0.15) is 48.3 Å². The number of piperazine rings is 1. The largest absolute Gasteiger partial charge is 0.383 e. The Balaban J connectivity index is 1.32. The van der Waals surface area contributed by atoms with Gasteiger partial charge in [-0.25, -0.2) is 13.9 Å². The smallest absolute Gasteiger partial charge is 0.274 e. The van der Waals surface area contributed by atoms with E-state index >= 15 is 0 Å². The van der Waals surface area contributed by atoms with Crippen molar-refractivity contribution < 1.29 is 19.1 Å². The van der Waals surface area contributed by atoms with Gasteiger partial charge in [0.25, 0.3) is 11.8 Å². The Morgan fingerprint density at radius 1 is 1.08 bits per heavy atom. The van der Waals surface area contributed by atoms with Gasteiger partial charge >= 0.3 is 0 Å². The van der Waals surface area contributed by atoms with Crippen LogP contribution in [0.5, 0.6) is 0 Å². The Hall–Kier alpha value is -4.11. The minimum atomic E-state index is -1.13. The van der Waals surface area contributed by atoms with Crippen molar-refractivity contribution >= 4 is 17.5 Å². The summed E-state index contributed by atoms with van der Waals surface area (Å²) in [5, 5.41) is 15.2. The van der Waals surface area contributed by atoms with Crippen LogP contribution in [-0.2, 0) is 11.2 Å². The summed E-state index contributed by atoms with van der Waals surface area (Å²) in [6.07, 6.45) is 0.742. The second-order valence-corrected chi connectivity index (χ2v) is 10.4. The van der Waals surface area contributed by atoms with Gasteiger partial charge in [0.2, 0.25) is 0 Å². The van der Waals surface area contributed by atoms with Crippen LogP contribution < -0.4 is 0 Å². The number of nitrogens with zero attached hydrogens (tertiary/aromatic N) is 5. The highest BCUT2D eigenvalue weighted by Gasteiger charge is 2.34. The van der Waals surface area contributed by atoms with Gasteiger partial charge in [-0.3, -0.25) is 9.59 Å². The third-order valence-corrected chi connectivity index (χ3v) is 7.19. The normalized spacial score (nSPS) is 16.6. The molecule has 1 N–H and O–H groups in total. The number of aliphatic hydroxyl groups is 1. The van der Waals surface area contributed by atoms with E-state index in [2.05, 4.69) is 10.1 Å². The molecule has 2 amide bonds. The van der Waals surface area contributed by atoms with Crippen molar-refractivity contribution in [1.29, 1.82) is 0 Å². The van der Waals surface area contributed by atoms with E-state index in [0.29, 0.717) is 31.0 Å². The number of rotatable bonds is 6. The second-order valence-electron chi connectivity index (χ2n) is 10.4. The zero-order chi connectivity index (χ0) is 27.7. The van der Waals surface area contributed by atoms with E-state index in [9.17, 15) is 19.1 Å². The van der Waals surface area contributed by atoms with Crippen molar-refractivity contribution in [2.45, 2.75) is 45.3 Å². The quantitative estimate of drug-likeness (QED) is 0.409. The molecule has 3 heterocycles. The number of carbonyl (C=O) groups excluding carboxylic acids is 2. The third kappa shape index (κ3) is 5.54. The number of aromatic nitrogens is 3. The molecule has 0 radical (unpaired) electrons. The number of halogens is 1. The molecule has 1 aliphatic heterocycles. The molecule has 5 rings (SSSR count). The molecule has 2 aromatic heterocycles. The van der Waals surface area contributed by atoms with E-state index in [1.807, 2.05) is 57.2 Å². The molecule has 1 aliphatic rings. The predicted octanol–water partition coefficient (Wildman–Crippen LogP) is 3.94. The topological polar surface area (TPSA) is 91.0 Å². The first-order valence-electron chi connectivity index (χ1n) is 13.2. The molecule has 8 nitrogen and oxygen atoms in total. The Morgan fingerprint density at radius 3 is 2.46 bits per heavy atom. The minimum Gasteiger partial charge on any atom is -0.383 e. The summed E-state index contributed by atoms with van der Waals surface area (Å²) >= 11 is 0. The van der Waals surface area contributed by atoms with Gasteiger partial charge in [0.15, 0.2) is 5.65 Å². The summed E-state index contributed by atoms with van der Waals surface area (Å²) in [5.74, 6) is -0.759. The molecule has 39 heavy (non-hydrogen) atoms. The summed E-state index contributed by atoms with van der Waals surface area (Å²) < 4.78 is 15.1. The lowest BCUT2D eigenvalue weighted by atomic mass is 10.0.